The maximum absolute atomic E-state index is 5.52. The van der Waals surface area contributed by atoms with E-state index >= 15 is 0 Å². The minimum atomic E-state index is 0. The number of hydrogen-bond acceptors (Lipinski definition) is 1. The number of anilines is 1. The number of nitrogens with two attached hydrogens (primary N) is 1. The van der Waals surface area contributed by atoms with E-state index in [1.807, 2.05) is 49.4 Å². The second-order valence-corrected chi connectivity index (χ2v) is 3.51. The molecule has 0 unspecified atom stereocenters. The quantitative estimate of drug-likeness (QED) is 0.642. The molecule has 1 heteroatoms. The number of nitrogen functional groups attached to an aromatic ring is 1. The van der Waals surface area contributed by atoms with Crippen molar-refractivity contribution < 1.29 is 2.85 Å². The summed E-state index contributed by atoms with van der Waals surface area (Å²) in [5.74, 6) is 0. The summed E-state index contributed by atoms with van der Waals surface area (Å²) in [5, 5.41) is 0. The third-order valence-corrected chi connectivity index (χ3v) is 2.13. The lowest BCUT2D eigenvalue weighted by atomic mass is 10.2. The lowest BCUT2D eigenvalue weighted by Crippen LogP contribution is -1.85. The highest BCUT2D eigenvalue weighted by atomic mass is 14.5. The molecule has 15 heavy (non-hydrogen) atoms. The van der Waals surface area contributed by atoms with Gasteiger partial charge in [-0.25, -0.2) is 0 Å². The molecule has 2 aromatic rings. The highest BCUT2D eigenvalue weighted by Crippen LogP contribution is 2.06. The summed E-state index contributed by atoms with van der Waals surface area (Å²) in [5.41, 5.74) is 8.86. The molecule has 2 rings (SSSR count). The topological polar surface area (TPSA) is 26.0 Å². The number of para-hydroxylation sites is 1. The maximum atomic E-state index is 5.52. The van der Waals surface area contributed by atoms with Gasteiger partial charge in [0.05, 0.1) is 0 Å². The third kappa shape index (κ3) is 4.32. The molecule has 0 saturated carbocycles. The smallest absolute Gasteiger partial charge is 0.0343 e. The second kappa shape index (κ2) is 5.86. The SMILES string of the molecule is Cc1ccccc1.Cc1ccccc1N.[HH].[HH]. The first-order chi connectivity index (χ1) is 7.20. The Morgan fingerprint density at radius 3 is 1.67 bits per heavy atom. The van der Waals surface area contributed by atoms with Crippen LogP contribution in [-0.4, -0.2) is 0 Å². The average Bonchev–Trinajstić information content (AvgIpc) is 2.25. The van der Waals surface area contributed by atoms with Crippen LogP contribution in [0.4, 0.5) is 5.69 Å². The number of rotatable bonds is 0. The lowest BCUT2D eigenvalue weighted by Gasteiger charge is -1.93. The summed E-state index contributed by atoms with van der Waals surface area (Å²) < 4.78 is 0. The Labute approximate surface area is 94.5 Å². The third-order valence-electron chi connectivity index (χ3n) is 2.13. The molecule has 0 spiro atoms. The monoisotopic (exact) mass is 203 g/mol. The van der Waals surface area contributed by atoms with Crippen molar-refractivity contribution in [1.29, 1.82) is 0 Å². The van der Waals surface area contributed by atoms with Crippen molar-refractivity contribution in [1.82, 2.24) is 0 Å². The van der Waals surface area contributed by atoms with Gasteiger partial charge in [-0.3, -0.25) is 0 Å². The van der Waals surface area contributed by atoms with Gasteiger partial charge in [0, 0.05) is 8.54 Å². The van der Waals surface area contributed by atoms with Gasteiger partial charge in [0.2, 0.25) is 0 Å². The van der Waals surface area contributed by atoms with Crippen LogP contribution in [0.3, 0.4) is 0 Å². The van der Waals surface area contributed by atoms with Gasteiger partial charge >= 0.3 is 0 Å². The van der Waals surface area contributed by atoms with Gasteiger partial charge in [-0.2, -0.15) is 0 Å². The molecule has 0 aliphatic carbocycles. The predicted molar refractivity (Wildman–Crippen MR) is 71.0 cm³/mol. The summed E-state index contributed by atoms with van der Waals surface area (Å²) >= 11 is 0. The highest BCUT2D eigenvalue weighted by molar-refractivity contribution is 5.44. The first-order valence-electron chi connectivity index (χ1n) is 5.03. The van der Waals surface area contributed by atoms with E-state index in [0.717, 1.165) is 11.3 Å². The standard InChI is InChI=1S/C7H9N.C7H8.2H2/c1-6-4-2-3-5-7(6)8;1-7-5-3-2-4-6-7;;/h2-5H,8H2,1H3;2-6H,1H3;2*1H. The van der Waals surface area contributed by atoms with Crippen LogP contribution >= 0.6 is 0 Å². The molecule has 0 aliphatic heterocycles. The molecule has 0 saturated heterocycles. The van der Waals surface area contributed by atoms with Gasteiger partial charge in [0.1, 0.15) is 0 Å². The Balaban J connectivity index is 0. The van der Waals surface area contributed by atoms with Crippen LogP contribution in [0.1, 0.15) is 14.0 Å². The van der Waals surface area contributed by atoms with Crippen molar-refractivity contribution in [3.63, 3.8) is 0 Å². The first kappa shape index (κ1) is 11.3. The fourth-order valence-corrected chi connectivity index (χ4v) is 1.12. The van der Waals surface area contributed by atoms with Crippen molar-refractivity contribution in [2.45, 2.75) is 13.8 Å². The Bertz CT molecular complexity index is 381. The molecule has 0 fully saturated rings. The van der Waals surface area contributed by atoms with Gasteiger partial charge in [-0.05, 0) is 25.5 Å². The van der Waals surface area contributed by atoms with Crippen LogP contribution < -0.4 is 5.73 Å². The number of benzene rings is 2. The highest BCUT2D eigenvalue weighted by Gasteiger charge is 1.84. The summed E-state index contributed by atoms with van der Waals surface area (Å²) in [6.45, 7) is 4.08. The average molecular weight is 203 g/mol. The van der Waals surface area contributed by atoms with Crippen LogP contribution in [0.25, 0.3) is 0 Å². The minimum absolute atomic E-state index is 0. The van der Waals surface area contributed by atoms with Crippen LogP contribution in [-0.2, 0) is 0 Å². The van der Waals surface area contributed by atoms with E-state index in [0.29, 0.717) is 0 Å². The summed E-state index contributed by atoms with van der Waals surface area (Å²) in [6.07, 6.45) is 0. The molecule has 0 atom stereocenters. The van der Waals surface area contributed by atoms with Crippen molar-refractivity contribution in [2.24, 2.45) is 0 Å². The zero-order valence-corrected chi connectivity index (χ0v) is 9.27. The molecular formula is C14H21N. The lowest BCUT2D eigenvalue weighted by molar-refractivity contribution is 1.47. The second-order valence-electron chi connectivity index (χ2n) is 3.51. The molecule has 1 nitrogen and oxygen atoms in total. The van der Waals surface area contributed by atoms with E-state index < -0.39 is 0 Å². The molecule has 0 bridgehead atoms. The van der Waals surface area contributed by atoms with Crippen molar-refractivity contribution >= 4 is 5.69 Å². The van der Waals surface area contributed by atoms with Gasteiger partial charge in [0.15, 0.2) is 0 Å². The van der Waals surface area contributed by atoms with E-state index in [4.69, 9.17) is 5.73 Å². The Kier molecular flexibility index (Phi) is 4.42. The van der Waals surface area contributed by atoms with Crippen LogP contribution in [0.5, 0.6) is 0 Å². The van der Waals surface area contributed by atoms with E-state index in [-0.39, 0.29) is 2.85 Å². The molecule has 0 amide bonds. The zero-order valence-electron chi connectivity index (χ0n) is 9.27. The number of hydrogen-bond donors (Lipinski definition) is 1. The van der Waals surface area contributed by atoms with Crippen LogP contribution in [0.15, 0.2) is 54.6 Å². The van der Waals surface area contributed by atoms with E-state index in [1.165, 1.54) is 5.56 Å². The fourth-order valence-electron chi connectivity index (χ4n) is 1.12. The maximum Gasteiger partial charge on any atom is 0.0343 e. The Morgan fingerprint density at radius 2 is 1.33 bits per heavy atom. The molecular weight excluding hydrogens is 182 g/mol. The van der Waals surface area contributed by atoms with Gasteiger partial charge in [-0.15, -0.1) is 0 Å². The Morgan fingerprint density at radius 1 is 0.800 bits per heavy atom. The van der Waals surface area contributed by atoms with E-state index in [9.17, 15) is 0 Å². The normalized spacial score (nSPS) is 8.93. The molecule has 0 aromatic heterocycles. The minimum Gasteiger partial charge on any atom is -0.399 e. The molecule has 2 N–H and O–H groups in total. The largest absolute Gasteiger partial charge is 0.399 e. The van der Waals surface area contributed by atoms with Gasteiger partial charge in [-0.1, -0.05) is 54.1 Å². The number of aryl methyl sites for hydroxylation is 2. The van der Waals surface area contributed by atoms with Crippen molar-refractivity contribution in [3.8, 4) is 0 Å². The summed E-state index contributed by atoms with van der Waals surface area (Å²) in [7, 11) is 0. The first-order valence-corrected chi connectivity index (χ1v) is 5.03. The van der Waals surface area contributed by atoms with E-state index in [1.54, 1.807) is 0 Å². The van der Waals surface area contributed by atoms with E-state index in [2.05, 4.69) is 19.1 Å². The molecule has 0 heterocycles. The molecule has 0 aliphatic rings. The molecule has 82 valence electrons. The van der Waals surface area contributed by atoms with Gasteiger partial charge in [0.25, 0.3) is 0 Å². The van der Waals surface area contributed by atoms with Crippen molar-refractivity contribution in [2.75, 3.05) is 5.73 Å². The zero-order chi connectivity index (χ0) is 11.1. The van der Waals surface area contributed by atoms with Gasteiger partial charge < -0.3 is 5.73 Å². The fraction of sp³-hybridized carbons (Fsp3) is 0.143. The Hall–Kier alpha value is -1.76. The van der Waals surface area contributed by atoms with Crippen LogP contribution in [0, 0.1) is 13.8 Å². The molecule has 0 radical (unpaired) electrons. The predicted octanol–water partition coefficient (Wildman–Crippen LogP) is 4.06. The molecule has 2 aromatic carbocycles. The summed E-state index contributed by atoms with van der Waals surface area (Å²) in [4.78, 5) is 0. The van der Waals surface area contributed by atoms with Crippen molar-refractivity contribution in [3.05, 3.63) is 65.7 Å². The van der Waals surface area contributed by atoms with Crippen LogP contribution in [0.2, 0.25) is 0 Å². The summed E-state index contributed by atoms with van der Waals surface area (Å²) in [6, 6.07) is 18.1.